The minimum Gasteiger partial charge on any atom is -0.397 e. The highest BCUT2D eigenvalue weighted by Gasteiger charge is 2.17. The first-order valence-corrected chi connectivity index (χ1v) is 11.3. The molecule has 1 aromatic heterocycles. The number of nitrogen functional groups attached to an aromatic ring is 1. The summed E-state index contributed by atoms with van der Waals surface area (Å²) in [5.41, 5.74) is 8.71. The summed E-state index contributed by atoms with van der Waals surface area (Å²) in [6.45, 7) is 2.50. The summed E-state index contributed by atoms with van der Waals surface area (Å²) >= 11 is 0. The summed E-state index contributed by atoms with van der Waals surface area (Å²) in [5.74, 6) is -0.772. The number of amides is 3. The van der Waals surface area contributed by atoms with Gasteiger partial charge in [-0.05, 0) is 81.9 Å². The van der Waals surface area contributed by atoms with E-state index in [1.807, 2.05) is 14.1 Å². The molecular formula is C26H31FN6O2. The van der Waals surface area contributed by atoms with Crippen LogP contribution in [-0.4, -0.2) is 42.5 Å². The lowest BCUT2D eigenvalue weighted by molar-refractivity contribution is 0.102. The van der Waals surface area contributed by atoms with Crippen molar-refractivity contribution in [1.82, 2.24) is 15.2 Å². The largest absolute Gasteiger partial charge is 0.397 e. The number of nitrogens with zero attached hydrogens (tertiary/aromatic N) is 2. The van der Waals surface area contributed by atoms with E-state index in [0.29, 0.717) is 29.0 Å². The highest BCUT2D eigenvalue weighted by Crippen LogP contribution is 2.21. The molecule has 3 rings (SSSR count). The number of rotatable bonds is 9. The summed E-state index contributed by atoms with van der Waals surface area (Å²) in [7, 11) is 3.96. The highest BCUT2D eigenvalue weighted by molar-refractivity contribution is 6.04. The van der Waals surface area contributed by atoms with Crippen molar-refractivity contribution >= 4 is 29.0 Å². The number of halogens is 1. The van der Waals surface area contributed by atoms with Crippen LogP contribution in [0.4, 0.5) is 26.2 Å². The Hall–Kier alpha value is -3.98. The molecule has 1 unspecified atom stereocenters. The summed E-state index contributed by atoms with van der Waals surface area (Å²) < 4.78 is 13.8. The fourth-order valence-electron chi connectivity index (χ4n) is 3.47. The normalized spacial score (nSPS) is 11.7. The maximum atomic E-state index is 13.8. The van der Waals surface area contributed by atoms with Crippen LogP contribution in [0.25, 0.3) is 0 Å². The van der Waals surface area contributed by atoms with Gasteiger partial charge < -0.3 is 26.6 Å². The monoisotopic (exact) mass is 478 g/mol. The maximum absolute atomic E-state index is 13.8. The second-order valence-electron chi connectivity index (χ2n) is 8.58. The first-order valence-electron chi connectivity index (χ1n) is 11.3. The molecule has 3 amide bonds. The van der Waals surface area contributed by atoms with Crippen LogP contribution in [0.15, 0.2) is 60.8 Å². The fourth-order valence-corrected chi connectivity index (χ4v) is 3.47. The van der Waals surface area contributed by atoms with E-state index in [9.17, 15) is 14.0 Å². The van der Waals surface area contributed by atoms with Crippen molar-refractivity contribution in [2.24, 2.45) is 0 Å². The van der Waals surface area contributed by atoms with E-state index in [-0.39, 0.29) is 23.5 Å². The summed E-state index contributed by atoms with van der Waals surface area (Å²) in [4.78, 5) is 31.6. The average molecular weight is 479 g/mol. The van der Waals surface area contributed by atoms with Crippen molar-refractivity contribution in [2.75, 3.05) is 37.0 Å². The number of aryl methyl sites for hydroxylation is 1. The van der Waals surface area contributed by atoms with Gasteiger partial charge in [-0.15, -0.1) is 0 Å². The van der Waals surface area contributed by atoms with Crippen LogP contribution >= 0.6 is 0 Å². The SMILES string of the molecule is Cc1ccc(NC(=O)NC(CCCN(C)C)c2ccc(C(=O)Nc3ccccc3N)nc2)cc1F. The van der Waals surface area contributed by atoms with Gasteiger partial charge >= 0.3 is 6.03 Å². The van der Waals surface area contributed by atoms with Crippen LogP contribution < -0.4 is 21.7 Å². The molecule has 0 radical (unpaired) electrons. The molecule has 0 saturated heterocycles. The number of nitrogens with one attached hydrogen (secondary N) is 3. The zero-order valence-corrected chi connectivity index (χ0v) is 20.1. The predicted octanol–water partition coefficient (Wildman–Crippen LogP) is 4.57. The van der Waals surface area contributed by atoms with Crippen LogP contribution in [0.2, 0.25) is 0 Å². The molecule has 0 saturated carbocycles. The molecule has 0 bridgehead atoms. The molecule has 0 aliphatic heterocycles. The van der Waals surface area contributed by atoms with E-state index in [4.69, 9.17) is 5.73 Å². The third-order valence-corrected chi connectivity index (χ3v) is 5.46. The predicted molar refractivity (Wildman–Crippen MR) is 137 cm³/mol. The van der Waals surface area contributed by atoms with Gasteiger partial charge in [-0.1, -0.05) is 24.3 Å². The van der Waals surface area contributed by atoms with Crippen LogP contribution in [0.1, 0.15) is 40.5 Å². The van der Waals surface area contributed by atoms with Gasteiger partial charge in [0.2, 0.25) is 0 Å². The lowest BCUT2D eigenvalue weighted by atomic mass is 10.0. The molecule has 9 heteroatoms. The number of nitrogens with two attached hydrogens (primary N) is 1. The molecule has 0 aliphatic rings. The average Bonchev–Trinajstić information content (AvgIpc) is 2.82. The molecular weight excluding hydrogens is 447 g/mol. The molecule has 8 nitrogen and oxygen atoms in total. The number of para-hydroxylation sites is 2. The maximum Gasteiger partial charge on any atom is 0.319 e. The Morgan fingerprint density at radius 3 is 2.51 bits per heavy atom. The molecule has 5 N–H and O–H groups in total. The van der Waals surface area contributed by atoms with Gasteiger partial charge in [0.1, 0.15) is 11.5 Å². The Bertz CT molecular complexity index is 1170. The van der Waals surface area contributed by atoms with Gasteiger partial charge in [0.15, 0.2) is 0 Å². The van der Waals surface area contributed by atoms with Crippen molar-refractivity contribution in [3.8, 4) is 0 Å². The van der Waals surface area contributed by atoms with E-state index in [0.717, 1.165) is 18.5 Å². The van der Waals surface area contributed by atoms with E-state index in [2.05, 4.69) is 25.8 Å². The number of urea groups is 1. The smallest absolute Gasteiger partial charge is 0.319 e. The highest BCUT2D eigenvalue weighted by atomic mass is 19.1. The number of hydrogen-bond acceptors (Lipinski definition) is 5. The first kappa shape index (κ1) is 25.6. The van der Waals surface area contributed by atoms with Crippen molar-refractivity contribution in [3.05, 3.63) is 83.4 Å². The van der Waals surface area contributed by atoms with E-state index >= 15 is 0 Å². The van der Waals surface area contributed by atoms with Crippen LogP contribution in [0, 0.1) is 12.7 Å². The van der Waals surface area contributed by atoms with Gasteiger partial charge in [-0.3, -0.25) is 9.78 Å². The van der Waals surface area contributed by atoms with E-state index in [1.54, 1.807) is 61.7 Å². The zero-order valence-electron chi connectivity index (χ0n) is 20.1. The minimum absolute atomic E-state index is 0.226. The van der Waals surface area contributed by atoms with Crippen LogP contribution in [0.3, 0.4) is 0 Å². The van der Waals surface area contributed by atoms with Gasteiger partial charge in [-0.2, -0.15) is 0 Å². The molecule has 0 aliphatic carbocycles. The second-order valence-corrected chi connectivity index (χ2v) is 8.58. The van der Waals surface area contributed by atoms with E-state index in [1.165, 1.54) is 6.07 Å². The third kappa shape index (κ3) is 7.51. The topological polar surface area (TPSA) is 112 Å². The number of anilines is 3. The first-order chi connectivity index (χ1) is 16.7. The second kappa shape index (κ2) is 11.9. The van der Waals surface area contributed by atoms with Crippen molar-refractivity contribution in [3.63, 3.8) is 0 Å². The quantitative estimate of drug-likeness (QED) is 0.337. The van der Waals surface area contributed by atoms with Gasteiger partial charge in [0.05, 0.1) is 17.4 Å². The molecule has 0 fully saturated rings. The summed E-state index contributed by atoms with van der Waals surface area (Å²) in [6.07, 6.45) is 3.06. The number of benzene rings is 2. The molecule has 3 aromatic rings. The zero-order chi connectivity index (χ0) is 25.4. The minimum atomic E-state index is -0.454. The van der Waals surface area contributed by atoms with Gasteiger partial charge in [0.25, 0.3) is 5.91 Å². The van der Waals surface area contributed by atoms with Crippen molar-refractivity contribution < 1.29 is 14.0 Å². The van der Waals surface area contributed by atoms with Crippen molar-refractivity contribution in [2.45, 2.75) is 25.8 Å². The Balaban J connectivity index is 1.70. The Labute approximate surface area is 204 Å². The fraction of sp³-hybridized carbons (Fsp3) is 0.269. The molecule has 1 heterocycles. The lowest BCUT2D eigenvalue weighted by Gasteiger charge is -2.21. The number of carbonyl (C=O) groups is 2. The Morgan fingerprint density at radius 1 is 1.09 bits per heavy atom. The third-order valence-electron chi connectivity index (χ3n) is 5.46. The van der Waals surface area contributed by atoms with Crippen LogP contribution in [0.5, 0.6) is 0 Å². The molecule has 1 atom stereocenters. The number of aromatic nitrogens is 1. The number of pyridine rings is 1. The Kier molecular flexibility index (Phi) is 8.74. The molecule has 35 heavy (non-hydrogen) atoms. The number of carbonyl (C=O) groups excluding carboxylic acids is 2. The van der Waals surface area contributed by atoms with Gasteiger partial charge in [0, 0.05) is 11.9 Å². The van der Waals surface area contributed by atoms with Crippen LogP contribution in [-0.2, 0) is 0 Å². The standard InChI is InChI=1S/C26H31FN6O2/c1-17-10-12-19(15-20(17)27)30-26(35)32-22(9-6-14-33(2)3)18-11-13-24(29-16-18)25(34)31-23-8-5-4-7-21(23)28/h4-5,7-8,10-13,15-16,22H,6,9,14,28H2,1-3H3,(H,31,34)(H2,30,32,35). The molecule has 0 spiro atoms. The van der Waals surface area contributed by atoms with Gasteiger partial charge in [-0.25, -0.2) is 9.18 Å². The lowest BCUT2D eigenvalue weighted by Crippen LogP contribution is -2.33. The summed E-state index contributed by atoms with van der Waals surface area (Å²) in [6, 6.07) is 14.1. The summed E-state index contributed by atoms with van der Waals surface area (Å²) in [5, 5.41) is 8.36. The van der Waals surface area contributed by atoms with E-state index < -0.39 is 6.03 Å². The number of hydrogen-bond donors (Lipinski definition) is 4. The van der Waals surface area contributed by atoms with Crippen molar-refractivity contribution in [1.29, 1.82) is 0 Å². The Morgan fingerprint density at radius 2 is 1.86 bits per heavy atom. The molecule has 184 valence electrons. The molecule has 2 aromatic carbocycles.